The molecule has 2 heterocycles. The van der Waals surface area contributed by atoms with Crippen molar-refractivity contribution in [3.63, 3.8) is 0 Å². The summed E-state index contributed by atoms with van der Waals surface area (Å²) in [4.78, 5) is 3.78. The Labute approximate surface area is 128 Å². The average Bonchev–Trinajstić information content (AvgIpc) is 2.81. The molecule has 1 aromatic heterocycles. The molecule has 1 aliphatic rings. The van der Waals surface area contributed by atoms with Crippen molar-refractivity contribution in [1.82, 2.24) is 10.2 Å². The summed E-state index contributed by atoms with van der Waals surface area (Å²) < 4.78 is 7.11. The molecule has 108 valence electrons. The van der Waals surface area contributed by atoms with Gasteiger partial charge in [-0.1, -0.05) is 0 Å². The summed E-state index contributed by atoms with van der Waals surface area (Å²) in [6.45, 7) is 5.24. The van der Waals surface area contributed by atoms with Crippen molar-refractivity contribution < 1.29 is 4.74 Å². The van der Waals surface area contributed by atoms with Crippen LogP contribution in [0.3, 0.4) is 0 Å². The lowest BCUT2D eigenvalue weighted by Crippen LogP contribution is -2.33. The lowest BCUT2D eigenvalue weighted by molar-refractivity contribution is 0.0284. The Morgan fingerprint density at radius 3 is 2.95 bits per heavy atom. The van der Waals surface area contributed by atoms with Crippen molar-refractivity contribution in [3.05, 3.63) is 20.8 Å². The zero-order valence-corrected chi connectivity index (χ0v) is 13.9. The summed E-state index contributed by atoms with van der Waals surface area (Å²) in [5.41, 5.74) is 0. The molecule has 0 aromatic carbocycles. The molecular formula is C14H23BrN2OS. The Balaban J connectivity index is 1.54. The number of halogens is 1. The maximum absolute atomic E-state index is 5.92. The molecule has 19 heavy (non-hydrogen) atoms. The highest BCUT2D eigenvalue weighted by Gasteiger charge is 2.12. The van der Waals surface area contributed by atoms with Crippen LogP contribution in [-0.4, -0.2) is 44.3 Å². The van der Waals surface area contributed by atoms with Gasteiger partial charge in [-0.25, -0.2) is 0 Å². The van der Waals surface area contributed by atoms with Crippen LogP contribution in [-0.2, 0) is 11.3 Å². The molecule has 0 aliphatic carbocycles. The van der Waals surface area contributed by atoms with E-state index in [4.69, 9.17) is 4.74 Å². The van der Waals surface area contributed by atoms with Crippen molar-refractivity contribution in [2.75, 3.05) is 33.3 Å². The van der Waals surface area contributed by atoms with E-state index in [9.17, 15) is 0 Å². The number of piperidine rings is 1. The lowest BCUT2D eigenvalue weighted by atomic mass is 10.1. The highest BCUT2D eigenvalue weighted by molar-refractivity contribution is 9.10. The first-order valence-electron chi connectivity index (χ1n) is 6.98. The first-order chi connectivity index (χ1) is 9.24. The largest absolute Gasteiger partial charge is 0.378 e. The maximum Gasteiger partial charge on any atom is 0.0599 e. The number of ether oxygens (including phenoxy) is 1. The molecule has 0 radical (unpaired) electrons. The molecular weight excluding hydrogens is 324 g/mol. The molecule has 0 amide bonds. The quantitative estimate of drug-likeness (QED) is 0.767. The smallest absolute Gasteiger partial charge is 0.0599 e. The standard InChI is InChI=1S/C14H23BrN2OS/c1-17(10-14-9-12(15)11-19-14)7-2-8-18-13-3-5-16-6-4-13/h9,11,13,16H,2-8,10H2,1H3. The van der Waals surface area contributed by atoms with Gasteiger partial charge in [0, 0.05) is 34.4 Å². The van der Waals surface area contributed by atoms with Gasteiger partial charge in [-0.2, -0.15) is 0 Å². The topological polar surface area (TPSA) is 24.5 Å². The van der Waals surface area contributed by atoms with Gasteiger partial charge in [0.15, 0.2) is 0 Å². The van der Waals surface area contributed by atoms with E-state index in [0.29, 0.717) is 6.10 Å². The molecule has 5 heteroatoms. The zero-order valence-electron chi connectivity index (χ0n) is 11.5. The third-order valence-corrected chi connectivity index (χ3v) is 5.05. The molecule has 3 nitrogen and oxygen atoms in total. The fraction of sp³-hybridized carbons (Fsp3) is 0.714. The van der Waals surface area contributed by atoms with Gasteiger partial charge < -0.3 is 15.0 Å². The molecule has 0 bridgehead atoms. The van der Waals surface area contributed by atoms with Crippen molar-refractivity contribution in [1.29, 1.82) is 0 Å². The number of hydrogen-bond acceptors (Lipinski definition) is 4. The second-order valence-corrected chi connectivity index (χ2v) is 7.05. The predicted octanol–water partition coefficient (Wildman–Crippen LogP) is 3.10. The lowest BCUT2D eigenvalue weighted by Gasteiger charge is -2.23. The van der Waals surface area contributed by atoms with E-state index in [0.717, 1.165) is 39.2 Å². The average molecular weight is 347 g/mol. The van der Waals surface area contributed by atoms with Crippen molar-refractivity contribution in [2.24, 2.45) is 0 Å². The summed E-state index contributed by atoms with van der Waals surface area (Å²) in [5.74, 6) is 0. The molecule has 0 atom stereocenters. The van der Waals surface area contributed by atoms with Gasteiger partial charge in [-0.3, -0.25) is 0 Å². The van der Waals surface area contributed by atoms with Crippen LogP contribution in [0.2, 0.25) is 0 Å². The van der Waals surface area contributed by atoms with Crippen molar-refractivity contribution in [3.8, 4) is 0 Å². The highest BCUT2D eigenvalue weighted by Crippen LogP contribution is 2.20. The Morgan fingerprint density at radius 2 is 2.26 bits per heavy atom. The van der Waals surface area contributed by atoms with Crippen LogP contribution in [0.5, 0.6) is 0 Å². The molecule has 1 aromatic rings. The van der Waals surface area contributed by atoms with Crippen LogP contribution in [0.4, 0.5) is 0 Å². The minimum Gasteiger partial charge on any atom is -0.378 e. The molecule has 0 unspecified atom stereocenters. The number of hydrogen-bond donors (Lipinski definition) is 1. The monoisotopic (exact) mass is 346 g/mol. The first-order valence-corrected chi connectivity index (χ1v) is 8.65. The molecule has 2 rings (SSSR count). The van der Waals surface area contributed by atoms with E-state index in [-0.39, 0.29) is 0 Å². The molecule has 1 N–H and O–H groups in total. The molecule has 0 spiro atoms. The van der Waals surface area contributed by atoms with Gasteiger partial charge in [0.2, 0.25) is 0 Å². The third-order valence-electron chi connectivity index (χ3n) is 3.37. The summed E-state index contributed by atoms with van der Waals surface area (Å²) >= 11 is 5.31. The summed E-state index contributed by atoms with van der Waals surface area (Å²) in [7, 11) is 2.18. The predicted molar refractivity (Wildman–Crippen MR) is 84.8 cm³/mol. The van der Waals surface area contributed by atoms with Gasteiger partial charge in [0.25, 0.3) is 0 Å². The fourth-order valence-corrected chi connectivity index (χ4v) is 3.86. The summed E-state index contributed by atoms with van der Waals surface area (Å²) in [6, 6.07) is 2.20. The van der Waals surface area contributed by atoms with Crippen LogP contribution in [0.1, 0.15) is 24.1 Å². The van der Waals surface area contributed by atoms with Crippen LogP contribution in [0.25, 0.3) is 0 Å². The van der Waals surface area contributed by atoms with Gasteiger partial charge in [-0.05, 0) is 61.4 Å². The Hall–Kier alpha value is 0.0600. The summed E-state index contributed by atoms with van der Waals surface area (Å²) in [5, 5.41) is 5.50. The molecule has 1 fully saturated rings. The molecule has 0 saturated carbocycles. The van der Waals surface area contributed by atoms with E-state index in [1.165, 1.54) is 22.2 Å². The summed E-state index contributed by atoms with van der Waals surface area (Å²) in [6.07, 6.45) is 3.94. The number of thiophene rings is 1. The van der Waals surface area contributed by atoms with E-state index in [1.54, 1.807) is 0 Å². The highest BCUT2D eigenvalue weighted by atomic mass is 79.9. The van der Waals surface area contributed by atoms with Gasteiger partial charge in [0.1, 0.15) is 0 Å². The minimum absolute atomic E-state index is 0.486. The molecule has 1 aliphatic heterocycles. The van der Waals surface area contributed by atoms with Crippen LogP contribution in [0, 0.1) is 0 Å². The first kappa shape index (κ1) is 15.4. The zero-order chi connectivity index (χ0) is 13.5. The second-order valence-electron chi connectivity index (χ2n) is 5.14. The SMILES string of the molecule is CN(CCCOC1CCNCC1)Cc1cc(Br)cs1. The number of rotatable bonds is 7. The van der Waals surface area contributed by atoms with Gasteiger partial charge in [0.05, 0.1) is 6.10 Å². The second kappa shape index (κ2) is 8.37. The van der Waals surface area contributed by atoms with Crippen LogP contribution in [0.15, 0.2) is 15.9 Å². The fourth-order valence-electron chi connectivity index (χ4n) is 2.33. The Bertz CT molecular complexity index is 366. The number of nitrogens with zero attached hydrogens (tertiary/aromatic N) is 1. The normalized spacial score (nSPS) is 17.2. The van der Waals surface area contributed by atoms with Gasteiger partial charge >= 0.3 is 0 Å². The van der Waals surface area contributed by atoms with Gasteiger partial charge in [-0.15, -0.1) is 11.3 Å². The van der Waals surface area contributed by atoms with Crippen molar-refractivity contribution in [2.45, 2.75) is 31.9 Å². The van der Waals surface area contributed by atoms with Crippen LogP contribution < -0.4 is 5.32 Å². The van der Waals surface area contributed by atoms with Crippen molar-refractivity contribution >= 4 is 27.3 Å². The Kier molecular flexibility index (Phi) is 6.81. The van der Waals surface area contributed by atoms with E-state index < -0.39 is 0 Å². The third kappa shape index (κ3) is 5.92. The van der Waals surface area contributed by atoms with Crippen LogP contribution >= 0.6 is 27.3 Å². The number of nitrogens with one attached hydrogen (secondary N) is 1. The molecule has 1 saturated heterocycles. The Morgan fingerprint density at radius 1 is 1.47 bits per heavy atom. The van der Waals surface area contributed by atoms with E-state index in [1.807, 2.05) is 11.3 Å². The maximum atomic E-state index is 5.92. The minimum atomic E-state index is 0.486. The van der Waals surface area contributed by atoms with E-state index in [2.05, 4.69) is 44.6 Å². The van der Waals surface area contributed by atoms with E-state index >= 15 is 0 Å².